The van der Waals surface area contributed by atoms with Crippen molar-refractivity contribution in [3.8, 4) is 0 Å². The summed E-state index contributed by atoms with van der Waals surface area (Å²) >= 11 is 0. The predicted molar refractivity (Wildman–Crippen MR) is 66.1 cm³/mol. The molecule has 1 rings (SSSR count). The summed E-state index contributed by atoms with van der Waals surface area (Å²) in [7, 11) is 0. The Morgan fingerprint density at radius 1 is 1.53 bits per heavy atom. The first-order chi connectivity index (χ1) is 8.15. The molecule has 0 heterocycles. The second-order valence-electron chi connectivity index (χ2n) is 3.70. The van der Waals surface area contributed by atoms with Crippen molar-refractivity contribution in [1.82, 2.24) is 5.32 Å². The highest BCUT2D eigenvalue weighted by Crippen LogP contribution is 2.10. The Hall–Kier alpha value is -1.68. The first-order valence-electron chi connectivity index (χ1n) is 5.55. The van der Waals surface area contributed by atoms with Gasteiger partial charge >= 0.3 is 0 Å². The van der Waals surface area contributed by atoms with Crippen molar-refractivity contribution in [2.45, 2.75) is 19.9 Å². The van der Waals surface area contributed by atoms with Gasteiger partial charge in [-0.2, -0.15) is 0 Å². The molecule has 17 heavy (non-hydrogen) atoms. The van der Waals surface area contributed by atoms with Crippen molar-refractivity contribution in [1.29, 1.82) is 0 Å². The summed E-state index contributed by atoms with van der Waals surface area (Å²) in [5.74, 6) is -0.867. The van der Waals surface area contributed by atoms with Crippen molar-refractivity contribution >= 4 is 5.91 Å². The van der Waals surface area contributed by atoms with Crippen molar-refractivity contribution < 1.29 is 9.18 Å². The van der Waals surface area contributed by atoms with Crippen LogP contribution < -0.4 is 11.1 Å². The van der Waals surface area contributed by atoms with Crippen LogP contribution in [0.1, 0.15) is 29.3 Å². The molecule has 1 aromatic rings. The van der Waals surface area contributed by atoms with Gasteiger partial charge in [0.15, 0.2) is 0 Å². The van der Waals surface area contributed by atoms with E-state index in [2.05, 4.69) is 5.32 Å². The number of carbonyl (C=O) groups excluding carboxylic acids is 1. The largest absolute Gasteiger partial charge is 0.366 e. The summed E-state index contributed by atoms with van der Waals surface area (Å²) in [6.45, 7) is 3.12. The number of allylic oxidation sites excluding steroid dienone is 1. The molecule has 0 aliphatic rings. The van der Waals surface area contributed by atoms with E-state index < -0.39 is 5.91 Å². The Balaban J connectivity index is 2.57. The zero-order chi connectivity index (χ0) is 12.7. The van der Waals surface area contributed by atoms with E-state index in [1.54, 1.807) is 0 Å². The van der Waals surface area contributed by atoms with Crippen LogP contribution in [0.2, 0.25) is 0 Å². The molecule has 4 heteroatoms. The van der Waals surface area contributed by atoms with Gasteiger partial charge in [0, 0.05) is 17.7 Å². The van der Waals surface area contributed by atoms with Crippen molar-refractivity contribution in [3.63, 3.8) is 0 Å². The van der Waals surface area contributed by atoms with E-state index in [1.165, 1.54) is 18.2 Å². The highest BCUT2D eigenvalue weighted by molar-refractivity contribution is 5.92. The molecule has 0 bridgehead atoms. The molecule has 1 amide bonds. The summed E-state index contributed by atoms with van der Waals surface area (Å²) < 4.78 is 13.4. The molecule has 0 saturated carbocycles. The number of nitrogens with two attached hydrogens (primary N) is 1. The highest BCUT2D eigenvalue weighted by Gasteiger charge is 2.06. The zero-order valence-electron chi connectivity index (χ0n) is 9.87. The maximum Gasteiger partial charge on any atom is 0.248 e. The number of carbonyl (C=O) groups is 1. The molecule has 0 aliphatic heterocycles. The molecular weight excluding hydrogens is 219 g/mol. The Labute approximate surface area is 101 Å². The monoisotopic (exact) mass is 236 g/mol. The van der Waals surface area contributed by atoms with Crippen molar-refractivity contribution in [3.05, 3.63) is 47.3 Å². The van der Waals surface area contributed by atoms with Crippen LogP contribution in [0.15, 0.2) is 30.4 Å². The second-order valence-corrected chi connectivity index (χ2v) is 3.70. The SMILES string of the molecule is C/C=C/CCNCc1cc(C(N)=O)ccc1F. The average Bonchev–Trinajstić information content (AvgIpc) is 2.30. The van der Waals surface area contributed by atoms with Crippen LogP contribution in [0.3, 0.4) is 0 Å². The highest BCUT2D eigenvalue weighted by atomic mass is 19.1. The number of halogens is 1. The van der Waals surface area contributed by atoms with Crippen LogP contribution in [-0.4, -0.2) is 12.5 Å². The molecule has 0 atom stereocenters. The van der Waals surface area contributed by atoms with E-state index in [0.29, 0.717) is 17.7 Å². The van der Waals surface area contributed by atoms with E-state index in [9.17, 15) is 9.18 Å². The lowest BCUT2D eigenvalue weighted by Gasteiger charge is -2.06. The van der Waals surface area contributed by atoms with E-state index >= 15 is 0 Å². The van der Waals surface area contributed by atoms with Gasteiger partial charge in [-0.05, 0) is 38.1 Å². The van der Waals surface area contributed by atoms with E-state index in [-0.39, 0.29) is 5.82 Å². The van der Waals surface area contributed by atoms with E-state index in [0.717, 1.165) is 13.0 Å². The fourth-order valence-corrected chi connectivity index (χ4v) is 1.44. The Morgan fingerprint density at radius 3 is 2.94 bits per heavy atom. The lowest BCUT2D eigenvalue weighted by atomic mass is 10.1. The normalized spacial score (nSPS) is 10.9. The minimum absolute atomic E-state index is 0.325. The van der Waals surface area contributed by atoms with Gasteiger partial charge in [-0.3, -0.25) is 4.79 Å². The maximum absolute atomic E-state index is 13.4. The number of hydrogen-bond acceptors (Lipinski definition) is 2. The zero-order valence-corrected chi connectivity index (χ0v) is 9.87. The van der Waals surface area contributed by atoms with Gasteiger partial charge in [-0.1, -0.05) is 12.2 Å². The lowest BCUT2D eigenvalue weighted by Crippen LogP contribution is -2.17. The first-order valence-corrected chi connectivity index (χ1v) is 5.55. The van der Waals surface area contributed by atoms with Crippen LogP contribution in [0.5, 0.6) is 0 Å². The summed E-state index contributed by atoms with van der Waals surface area (Å²) in [5.41, 5.74) is 5.93. The standard InChI is InChI=1S/C13H17FN2O/c1-2-3-4-7-16-9-11-8-10(13(15)17)5-6-12(11)14/h2-3,5-6,8,16H,4,7,9H2,1H3,(H2,15,17)/b3-2+. The number of nitrogens with one attached hydrogen (secondary N) is 1. The lowest BCUT2D eigenvalue weighted by molar-refractivity contribution is 0.1000. The quantitative estimate of drug-likeness (QED) is 0.586. The molecule has 3 N–H and O–H groups in total. The van der Waals surface area contributed by atoms with Gasteiger partial charge < -0.3 is 11.1 Å². The van der Waals surface area contributed by atoms with Gasteiger partial charge in [0.05, 0.1) is 0 Å². The van der Waals surface area contributed by atoms with Crippen LogP contribution in [0.4, 0.5) is 4.39 Å². The van der Waals surface area contributed by atoms with Crippen LogP contribution in [0, 0.1) is 5.82 Å². The molecule has 0 saturated heterocycles. The van der Waals surface area contributed by atoms with Gasteiger partial charge in [0.2, 0.25) is 5.91 Å². The summed E-state index contributed by atoms with van der Waals surface area (Å²) in [4.78, 5) is 10.9. The van der Waals surface area contributed by atoms with Gasteiger partial charge in [-0.15, -0.1) is 0 Å². The predicted octanol–water partition coefficient (Wildman–Crippen LogP) is 1.98. The number of benzene rings is 1. The molecule has 0 fully saturated rings. The van der Waals surface area contributed by atoms with Crippen LogP contribution in [-0.2, 0) is 6.54 Å². The molecule has 0 spiro atoms. The van der Waals surface area contributed by atoms with Gasteiger partial charge in [-0.25, -0.2) is 4.39 Å². The smallest absolute Gasteiger partial charge is 0.248 e. The van der Waals surface area contributed by atoms with E-state index in [4.69, 9.17) is 5.73 Å². The average molecular weight is 236 g/mol. The van der Waals surface area contributed by atoms with E-state index in [1.807, 2.05) is 19.1 Å². The Bertz CT molecular complexity index is 416. The second kappa shape index (κ2) is 6.81. The molecule has 3 nitrogen and oxygen atoms in total. The molecule has 92 valence electrons. The van der Waals surface area contributed by atoms with Crippen molar-refractivity contribution in [2.75, 3.05) is 6.54 Å². The number of amides is 1. The third kappa shape index (κ3) is 4.36. The first kappa shape index (κ1) is 13.4. The molecular formula is C13H17FN2O. The van der Waals surface area contributed by atoms with Gasteiger partial charge in [0.25, 0.3) is 0 Å². The molecule has 1 aromatic carbocycles. The third-order valence-corrected chi connectivity index (χ3v) is 2.37. The molecule has 0 aromatic heterocycles. The third-order valence-electron chi connectivity index (χ3n) is 2.37. The minimum atomic E-state index is -0.542. The molecule has 0 radical (unpaired) electrons. The Kier molecular flexibility index (Phi) is 5.36. The van der Waals surface area contributed by atoms with Crippen molar-refractivity contribution in [2.24, 2.45) is 5.73 Å². The summed E-state index contributed by atoms with van der Waals surface area (Å²) in [6, 6.07) is 4.14. The molecule has 0 aliphatic carbocycles. The topological polar surface area (TPSA) is 55.1 Å². The Morgan fingerprint density at radius 2 is 2.29 bits per heavy atom. The summed E-state index contributed by atoms with van der Waals surface area (Å²) in [6.07, 6.45) is 4.90. The minimum Gasteiger partial charge on any atom is -0.366 e. The van der Waals surface area contributed by atoms with Crippen LogP contribution in [0.25, 0.3) is 0 Å². The number of hydrogen-bond donors (Lipinski definition) is 2. The maximum atomic E-state index is 13.4. The number of rotatable bonds is 6. The van der Waals surface area contributed by atoms with Crippen LogP contribution >= 0.6 is 0 Å². The fraction of sp³-hybridized carbons (Fsp3) is 0.308. The number of primary amides is 1. The molecule has 0 unspecified atom stereocenters. The summed E-state index contributed by atoms with van der Waals surface area (Å²) in [5, 5.41) is 3.10. The van der Waals surface area contributed by atoms with Gasteiger partial charge in [0.1, 0.15) is 5.82 Å². The fourth-order valence-electron chi connectivity index (χ4n) is 1.44.